The van der Waals surface area contributed by atoms with Gasteiger partial charge >= 0.3 is 0 Å². The highest BCUT2D eigenvalue weighted by Crippen LogP contribution is 2.17. The SMILES string of the molecule is CCc1scnc1Cl. The Balaban J connectivity index is 2.92. The summed E-state index contributed by atoms with van der Waals surface area (Å²) in [6, 6.07) is 0. The monoisotopic (exact) mass is 147 g/mol. The van der Waals surface area contributed by atoms with Gasteiger partial charge in [-0.05, 0) is 6.42 Å². The van der Waals surface area contributed by atoms with Crippen LogP contribution in [0.25, 0.3) is 0 Å². The summed E-state index contributed by atoms with van der Waals surface area (Å²) in [5, 5.41) is 0.664. The third-order valence-corrected chi connectivity index (χ3v) is 2.33. The van der Waals surface area contributed by atoms with Gasteiger partial charge in [-0.25, -0.2) is 4.98 Å². The molecule has 1 rings (SSSR count). The lowest BCUT2D eigenvalue weighted by Gasteiger charge is -1.83. The molecule has 0 aliphatic carbocycles. The molecule has 0 aliphatic heterocycles. The number of rotatable bonds is 1. The molecule has 44 valence electrons. The Morgan fingerprint density at radius 1 is 1.88 bits per heavy atom. The van der Waals surface area contributed by atoms with Crippen molar-refractivity contribution in [1.29, 1.82) is 0 Å². The predicted octanol–water partition coefficient (Wildman–Crippen LogP) is 2.36. The van der Waals surface area contributed by atoms with Gasteiger partial charge in [0.2, 0.25) is 0 Å². The average molecular weight is 148 g/mol. The van der Waals surface area contributed by atoms with Crippen molar-refractivity contribution in [3.05, 3.63) is 15.5 Å². The second-order valence-electron chi connectivity index (χ2n) is 1.42. The van der Waals surface area contributed by atoms with Crippen molar-refractivity contribution in [2.75, 3.05) is 0 Å². The van der Waals surface area contributed by atoms with Gasteiger partial charge in [0.1, 0.15) is 5.15 Å². The molecule has 0 atom stereocenters. The number of aryl methyl sites for hydroxylation is 1. The molecule has 0 radical (unpaired) electrons. The van der Waals surface area contributed by atoms with Crippen molar-refractivity contribution in [3.8, 4) is 0 Å². The normalized spacial score (nSPS) is 9.75. The van der Waals surface area contributed by atoms with Crippen LogP contribution >= 0.6 is 22.9 Å². The number of halogens is 1. The Morgan fingerprint density at radius 3 is 2.88 bits per heavy atom. The molecule has 0 aliphatic rings. The molecule has 0 aromatic carbocycles. The lowest BCUT2D eigenvalue weighted by atomic mass is 10.4. The highest BCUT2D eigenvalue weighted by molar-refractivity contribution is 7.10. The van der Waals surface area contributed by atoms with Crippen LogP contribution in [0.5, 0.6) is 0 Å². The van der Waals surface area contributed by atoms with Crippen LogP contribution in [-0.2, 0) is 6.42 Å². The third kappa shape index (κ3) is 1.01. The molecule has 0 amide bonds. The maximum absolute atomic E-state index is 5.64. The summed E-state index contributed by atoms with van der Waals surface area (Å²) in [4.78, 5) is 5.04. The first-order chi connectivity index (χ1) is 3.84. The molecule has 1 aromatic heterocycles. The molecule has 0 bridgehead atoms. The van der Waals surface area contributed by atoms with Gasteiger partial charge in [0.15, 0.2) is 0 Å². The summed E-state index contributed by atoms with van der Waals surface area (Å²) in [6.45, 7) is 2.07. The van der Waals surface area contributed by atoms with E-state index in [1.165, 1.54) is 4.88 Å². The van der Waals surface area contributed by atoms with Crippen molar-refractivity contribution < 1.29 is 0 Å². The Hall–Kier alpha value is -0.0800. The van der Waals surface area contributed by atoms with Crippen LogP contribution in [0.1, 0.15) is 11.8 Å². The van der Waals surface area contributed by atoms with Crippen molar-refractivity contribution in [3.63, 3.8) is 0 Å². The molecule has 0 N–H and O–H groups in total. The fraction of sp³-hybridized carbons (Fsp3) is 0.400. The van der Waals surface area contributed by atoms with Crippen LogP contribution in [0.15, 0.2) is 5.51 Å². The summed E-state index contributed by atoms with van der Waals surface area (Å²) < 4.78 is 0. The minimum atomic E-state index is 0.664. The summed E-state index contributed by atoms with van der Waals surface area (Å²) in [5.74, 6) is 0. The lowest BCUT2D eigenvalue weighted by Crippen LogP contribution is -1.70. The van der Waals surface area contributed by atoms with Crippen molar-refractivity contribution >= 4 is 22.9 Å². The van der Waals surface area contributed by atoms with Gasteiger partial charge < -0.3 is 0 Å². The number of thiazole rings is 1. The van der Waals surface area contributed by atoms with Crippen molar-refractivity contribution in [2.24, 2.45) is 0 Å². The number of nitrogens with zero attached hydrogens (tertiary/aromatic N) is 1. The van der Waals surface area contributed by atoms with E-state index in [-0.39, 0.29) is 0 Å². The molecular formula is C5H6ClNS. The van der Waals surface area contributed by atoms with Crippen molar-refractivity contribution in [1.82, 2.24) is 4.98 Å². The average Bonchev–Trinajstić information content (AvgIpc) is 2.14. The van der Waals surface area contributed by atoms with E-state index < -0.39 is 0 Å². The molecule has 0 saturated carbocycles. The Bertz CT molecular complexity index is 173. The minimum Gasteiger partial charge on any atom is -0.233 e. The molecule has 8 heavy (non-hydrogen) atoms. The van der Waals surface area contributed by atoms with Crippen LogP contribution in [-0.4, -0.2) is 4.98 Å². The van der Waals surface area contributed by atoms with Crippen LogP contribution in [0.3, 0.4) is 0 Å². The zero-order chi connectivity index (χ0) is 5.98. The highest BCUT2D eigenvalue weighted by Gasteiger charge is 1.97. The number of hydrogen-bond donors (Lipinski definition) is 0. The zero-order valence-electron chi connectivity index (χ0n) is 4.52. The smallest absolute Gasteiger partial charge is 0.143 e. The molecule has 0 unspecified atom stereocenters. The first-order valence-corrected chi connectivity index (χ1v) is 3.68. The minimum absolute atomic E-state index is 0.664. The molecule has 1 nitrogen and oxygen atoms in total. The first-order valence-electron chi connectivity index (χ1n) is 2.42. The second kappa shape index (κ2) is 2.46. The van der Waals surface area contributed by atoms with Crippen LogP contribution in [0.2, 0.25) is 5.15 Å². The van der Waals surface area contributed by atoms with Gasteiger partial charge in [0.05, 0.1) is 5.51 Å². The number of aromatic nitrogens is 1. The van der Waals surface area contributed by atoms with Gasteiger partial charge in [-0.2, -0.15) is 0 Å². The maximum atomic E-state index is 5.64. The summed E-state index contributed by atoms with van der Waals surface area (Å²) in [5.41, 5.74) is 1.77. The second-order valence-corrected chi connectivity index (χ2v) is 2.72. The first kappa shape index (κ1) is 6.05. The topological polar surface area (TPSA) is 12.9 Å². The molecule has 0 fully saturated rings. The highest BCUT2D eigenvalue weighted by atomic mass is 35.5. The predicted molar refractivity (Wildman–Crippen MR) is 36.5 cm³/mol. The van der Waals surface area contributed by atoms with Gasteiger partial charge in [0.25, 0.3) is 0 Å². The van der Waals surface area contributed by atoms with Crippen LogP contribution in [0, 0.1) is 0 Å². The van der Waals surface area contributed by atoms with Crippen LogP contribution < -0.4 is 0 Å². The molecule has 0 saturated heterocycles. The number of hydrogen-bond acceptors (Lipinski definition) is 2. The Labute approximate surface area is 57.3 Å². The Kier molecular flexibility index (Phi) is 1.86. The summed E-state index contributed by atoms with van der Waals surface area (Å²) in [6.07, 6.45) is 0.990. The molecular weight excluding hydrogens is 142 g/mol. The van der Waals surface area contributed by atoms with E-state index in [4.69, 9.17) is 11.6 Å². The largest absolute Gasteiger partial charge is 0.233 e. The van der Waals surface area contributed by atoms with Crippen LogP contribution in [0.4, 0.5) is 0 Å². The summed E-state index contributed by atoms with van der Waals surface area (Å²) in [7, 11) is 0. The van der Waals surface area contributed by atoms with E-state index in [0.717, 1.165) is 6.42 Å². The Morgan fingerprint density at radius 2 is 2.62 bits per heavy atom. The quantitative estimate of drug-likeness (QED) is 0.595. The van der Waals surface area contributed by atoms with Gasteiger partial charge in [-0.3, -0.25) is 0 Å². The lowest BCUT2D eigenvalue weighted by molar-refractivity contribution is 1.17. The van der Waals surface area contributed by atoms with E-state index in [2.05, 4.69) is 11.9 Å². The standard InChI is InChI=1S/C5H6ClNS/c1-2-4-5(6)7-3-8-4/h3H,2H2,1H3. The van der Waals surface area contributed by atoms with Gasteiger partial charge in [-0.15, -0.1) is 11.3 Å². The molecule has 0 spiro atoms. The summed E-state index contributed by atoms with van der Waals surface area (Å²) >= 11 is 7.25. The third-order valence-electron chi connectivity index (χ3n) is 0.912. The van der Waals surface area contributed by atoms with E-state index in [9.17, 15) is 0 Å². The fourth-order valence-electron chi connectivity index (χ4n) is 0.486. The van der Waals surface area contributed by atoms with E-state index in [1.54, 1.807) is 16.8 Å². The fourth-order valence-corrected chi connectivity index (χ4v) is 1.46. The molecule has 1 aromatic rings. The van der Waals surface area contributed by atoms with Gasteiger partial charge in [-0.1, -0.05) is 18.5 Å². The van der Waals surface area contributed by atoms with Crippen molar-refractivity contribution in [2.45, 2.75) is 13.3 Å². The van der Waals surface area contributed by atoms with E-state index >= 15 is 0 Å². The molecule has 3 heteroatoms. The van der Waals surface area contributed by atoms with E-state index in [1.807, 2.05) is 0 Å². The van der Waals surface area contributed by atoms with Gasteiger partial charge in [0, 0.05) is 4.88 Å². The molecule has 1 heterocycles. The van der Waals surface area contributed by atoms with E-state index in [0.29, 0.717) is 5.15 Å². The zero-order valence-corrected chi connectivity index (χ0v) is 6.09. The maximum Gasteiger partial charge on any atom is 0.143 e.